The van der Waals surface area contributed by atoms with Crippen molar-refractivity contribution in [3.63, 3.8) is 0 Å². The zero-order chi connectivity index (χ0) is 11.9. The summed E-state index contributed by atoms with van der Waals surface area (Å²) in [6, 6.07) is 0. The summed E-state index contributed by atoms with van der Waals surface area (Å²) >= 11 is 0. The molecule has 94 valence electrons. The molecule has 2 heteroatoms. The summed E-state index contributed by atoms with van der Waals surface area (Å²) in [6.07, 6.45) is 8.23. The second-order valence-electron chi connectivity index (χ2n) is 6.21. The minimum absolute atomic E-state index is 0. The molecular formula is C14H28OU. The Kier molecular flexibility index (Phi) is 10.9. The normalized spacial score (nSPS) is 12.4. The summed E-state index contributed by atoms with van der Waals surface area (Å²) in [5.41, 5.74) is 0.357. The van der Waals surface area contributed by atoms with Gasteiger partial charge in [0.25, 0.3) is 0 Å². The van der Waals surface area contributed by atoms with E-state index in [1.165, 1.54) is 12.8 Å². The number of rotatable bonds is 6. The van der Waals surface area contributed by atoms with Gasteiger partial charge in [-0.15, -0.1) is 6.42 Å². The Morgan fingerprint density at radius 2 is 1.50 bits per heavy atom. The number of hydrogen-bond acceptors (Lipinski definition) is 1. The first kappa shape index (κ1) is 19.4. The molecule has 0 saturated heterocycles. The van der Waals surface area contributed by atoms with Crippen molar-refractivity contribution in [2.45, 2.75) is 66.4 Å². The van der Waals surface area contributed by atoms with Gasteiger partial charge in [0, 0.05) is 0 Å². The van der Waals surface area contributed by atoms with Crippen LogP contribution in [-0.2, 0) is 4.74 Å². The zero-order valence-electron chi connectivity index (χ0n) is 11.9. The van der Waals surface area contributed by atoms with Crippen molar-refractivity contribution in [2.24, 2.45) is 5.41 Å². The molecular weight excluding hydrogens is 422 g/mol. The fourth-order valence-electron chi connectivity index (χ4n) is 1.19. The van der Waals surface area contributed by atoms with Gasteiger partial charge in [-0.1, -0.05) is 27.4 Å². The van der Waals surface area contributed by atoms with Crippen LogP contribution >= 0.6 is 0 Å². The van der Waals surface area contributed by atoms with Crippen molar-refractivity contribution in [3.05, 3.63) is 12.8 Å². The molecule has 0 bridgehead atoms. The van der Waals surface area contributed by atoms with E-state index in [-0.39, 0.29) is 36.7 Å². The van der Waals surface area contributed by atoms with Gasteiger partial charge in [0.15, 0.2) is 0 Å². The molecule has 0 aromatic rings. The fourth-order valence-corrected chi connectivity index (χ4v) is 1.19. The summed E-state index contributed by atoms with van der Waals surface area (Å²) in [6.45, 7) is 13.8. The first-order valence-electron chi connectivity index (χ1n) is 6.01. The van der Waals surface area contributed by atoms with Crippen molar-refractivity contribution >= 4 is 0 Å². The maximum Gasteiger partial charge on any atom is 2.00 e. The van der Waals surface area contributed by atoms with Crippen LogP contribution < -0.4 is 0 Å². The van der Waals surface area contributed by atoms with Gasteiger partial charge in [-0.2, -0.15) is 18.3 Å². The van der Waals surface area contributed by atoms with Crippen molar-refractivity contribution in [3.8, 4) is 0 Å². The largest absolute Gasteiger partial charge is 2.00 e. The molecule has 0 radical (unpaired) electrons. The van der Waals surface area contributed by atoms with Gasteiger partial charge in [0.1, 0.15) is 0 Å². The van der Waals surface area contributed by atoms with E-state index >= 15 is 0 Å². The Hall–Kier alpha value is 1.01. The molecule has 0 N–H and O–H groups in total. The van der Waals surface area contributed by atoms with Crippen LogP contribution in [0.25, 0.3) is 0 Å². The predicted octanol–water partition coefficient (Wildman–Crippen LogP) is 4.43. The summed E-state index contributed by atoms with van der Waals surface area (Å²) in [5, 5.41) is 0. The van der Waals surface area contributed by atoms with E-state index < -0.39 is 0 Å². The van der Waals surface area contributed by atoms with Crippen molar-refractivity contribution in [2.75, 3.05) is 6.61 Å². The van der Waals surface area contributed by atoms with E-state index in [2.05, 4.69) is 54.4 Å². The maximum atomic E-state index is 5.61. The fraction of sp³-hybridized carbons (Fsp3) is 0.857. The maximum absolute atomic E-state index is 5.61. The van der Waals surface area contributed by atoms with Crippen molar-refractivity contribution in [1.82, 2.24) is 0 Å². The number of ether oxygens (including phenoxy) is 1. The molecule has 0 unspecified atom stereocenters. The summed E-state index contributed by atoms with van der Waals surface area (Å²) in [5.74, 6) is 0. The van der Waals surface area contributed by atoms with Crippen LogP contribution in [0.15, 0.2) is 0 Å². The minimum atomic E-state index is -0.00592. The van der Waals surface area contributed by atoms with E-state index in [0.717, 1.165) is 13.0 Å². The van der Waals surface area contributed by atoms with Crippen molar-refractivity contribution in [1.29, 1.82) is 0 Å². The monoisotopic (exact) mass is 450 g/mol. The Balaban J connectivity index is 0. The minimum Gasteiger partial charge on any atom is -0.408 e. The molecule has 0 saturated carbocycles. The van der Waals surface area contributed by atoms with Gasteiger partial charge < -0.3 is 17.6 Å². The van der Waals surface area contributed by atoms with Crippen LogP contribution in [0.4, 0.5) is 0 Å². The van der Waals surface area contributed by atoms with Crippen molar-refractivity contribution < 1.29 is 35.9 Å². The summed E-state index contributed by atoms with van der Waals surface area (Å²) < 4.78 is 5.61. The summed E-state index contributed by atoms with van der Waals surface area (Å²) in [7, 11) is 0. The molecule has 16 heavy (non-hydrogen) atoms. The molecule has 0 aliphatic carbocycles. The van der Waals surface area contributed by atoms with Gasteiger partial charge in [0.2, 0.25) is 0 Å². The Bertz CT molecular complexity index is 135. The second-order valence-corrected chi connectivity index (χ2v) is 6.21. The molecule has 0 rings (SSSR count). The molecule has 0 amide bonds. The summed E-state index contributed by atoms with van der Waals surface area (Å²) in [4.78, 5) is 0. The Morgan fingerprint density at radius 3 is 1.94 bits per heavy atom. The van der Waals surface area contributed by atoms with Gasteiger partial charge in [0.05, 0.1) is 5.60 Å². The van der Waals surface area contributed by atoms with E-state index in [4.69, 9.17) is 4.74 Å². The average Bonchev–Trinajstić information content (AvgIpc) is 1.98. The van der Waals surface area contributed by atoms with Crippen LogP contribution in [-0.4, -0.2) is 12.2 Å². The zero-order valence-corrected chi connectivity index (χ0v) is 16.1. The molecule has 0 fully saturated rings. The Morgan fingerprint density at radius 1 is 0.938 bits per heavy atom. The number of hydrogen-bond donors (Lipinski definition) is 0. The van der Waals surface area contributed by atoms with Crippen LogP contribution in [0.5, 0.6) is 0 Å². The molecule has 0 spiro atoms. The molecule has 0 atom stereocenters. The topological polar surface area (TPSA) is 9.23 Å². The molecule has 0 aliphatic rings. The SMILES string of the molecule is CC(C)(C)[CH-]CCC[CH-]COC(C)(C)C.[U+2]. The number of unbranched alkanes of at least 4 members (excludes halogenated alkanes) is 3. The smallest absolute Gasteiger partial charge is 0.408 e. The van der Waals surface area contributed by atoms with E-state index in [1.54, 1.807) is 0 Å². The van der Waals surface area contributed by atoms with Gasteiger partial charge in [-0.3, -0.25) is 0 Å². The molecule has 0 aliphatic heterocycles. The van der Waals surface area contributed by atoms with E-state index in [1.807, 2.05) is 0 Å². The standard InChI is InChI=1S/C14H28O.U/c1-13(2,3)11-9-7-8-10-12-15-14(4,5)6;/h10-11H,7-9,12H2,1-6H3;/q-2;+2. The van der Waals surface area contributed by atoms with Gasteiger partial charge in [-0.25, -0.2) is 0 Å². The van der Waals surface area contributed by atoms with Crippen LogP contribution in [0, 0.1) is 49.4 Å². The molecule has 0 heterocycles. The van der Waals surface area contributed by atoms with E-state index in [0.29, 0.717) is 5.41 Å². The molecule has 1 nitrogen and oxygen atoms in total. The Labute approximate surface area is 126 Å². The second kappa shape index (κ2) is 9.01. The van der Waals surface area contributed by atoms with Gasteiger partial charge in [-0.05, 0) is 20.8 Å². The first-order valence-corrected chi connectivity index (χ1v) is 6.01. The van der Waals surface area contributed by atoms with Crippen LogP contribution in [0.3, 0.4) is 0 Å². The molecule has 0 aromatic carbocycles. The third-order valence-electron chi connectivity index (χ3n) is 2.00. The first-order chi connectivity index (χ1) is 6.71. The van der Waals surface area contributed by atoms with Crippen LogP contribution in [0.2, 0.25) is 0 Å². The average molecular weight is 450 g/mol. The van der Waals surface area contributed by atoms with E-state index in [9.17, 15) is 0 Å². The predicted molar refractivity (Wildman–Crippen MR) is 67.6 cm³/mol. The quantitative estimate of drug-likeness (QED) is 0.430. The molecule has 0 aromatic heterocycles. The third-order valence-corrected chi connectivity index (χ3v) is 2.00. The van der Waals surface area contributed by atoms with Crippen LogP contribution in [0.1, 0.15) is 60.8 Å². The third kappa shape index (κ3) is 17.4. The van der Waals surface area contributed by atoms with Gasteiger partial charge >= 0.3 is 31.1 Å².